The number of carbonyl (C=O) groups is 1. The second-order valence-electron chi connectivity index (χ2n) is 3.12. The van der Waals surface area contributed by atoms with Crippen molar-refractivity contribution in [2.75, 3.05) is 0 Å². The molecule has 6 heteroatoms. The molecule has 0 saturated carbocycles. The Morgan fingerprint density at radius 2 is 1.65 bits per heavy atom. The third-order valence-corrected chi connectivity index (χ3v) is 2.27. The number of halogens is 2. The summed E-state index contributed by atoms with van der Waals surface area (Å²) in [6.07, 6.45) is 3.38. The van der Waals surface area contributed by atoms with Gasteiger partial charge in [0.05, 0.1) is 5.56 Å². The lowest BCUT2D eigenvalue weighted by Crippen LogP contribution is -1.93. The first-order chi connectivity index (χ1) is 8.17. The fourth-order valence-corrected chi connectivity index (χ4v) is 1.64. The lowest BCUT2D eigenvalue weighted by Gasteiger charge is -2.04. The van der Waals surface area contributed by atoms with Crippen LogP contribution in [0.25, 0.3) is 0 Å². The van der Waals surface area contributed by atoms with E-state index in [0.29, 0.717) is 27.6 Å². The van der Waals surface area contributed by atoms with E-state index in [2.05, 4.69) is 9.97 Å². The molecule has 2 aromatic rings. The maximum absolute atomic E-state index is 10.4. The molecule has 4 nitrogen and oxygen atoms in total. The van der Waals surface area contributed by atoms with E-state index in [0.717, 1.165) is 0 Å². The molecule has 0 saturated heterocycles. The SMILES string of the molecule is O=Cc1cnc(Oc2cc(Cl)cc(Cl)c2)nc1. The van der Waals surface area contributed by atoms with Gasteiger partial charge in [0.15, 0.2) is 6.29 Å². The first-order valence-corrected chi connectivity index (χ1v) is 5.34. The summed E-state index contributed by atoms with van der Waals surface area (Å²) in [5.41, 5.74) is 0.376. The molecule has 0 atom stereocenters. The van der Waals surface area contributed by atoms with E-state index in [9.17, 15) is 4.79 Å². The molecule has 86 valence electrons. The van der Waals surface area contributed by atoms with Crippen LogP contribution in [0.1, 0.15) is 10.4 Å². The molecular formula is C11H6Cl2N2O2. The Bertz CT molecular complexity index is 523. The molecule has 1 aromatic carbocycles. The van der Waals surface area contributed by atoms with Gasteiger partial charge in [0.25, 0.3) is 0 Å². The highest BCUT2D eigenvalue weighted by Gasteiger charge is 2.03. The van der Waals surface area contributed by atoms with E-state index in [1.807, 2.05) is 0 Å². The Balaban J connectivity index is 2.21. The molecule has 0 aliphatic heterocycles. The van der Waals surface area contributed by atoms with Gasteiger partial charge < -0.3 is 4.74 Å². The molecule has 0 fully saturated rings. The zero-order valence-corrected chi connectivity index (χ0v) is 9.94. The normalized spacial score (nSPS) is 10.0. The first kappa shape index (κ1) is 11.8. The van der Waals surface area contributed by atoms with Crippen molar-refractivity contribution >= 4 is 29.5 Å². The quantitative estimate of drug-likeness (QED) is 0.801. The molecule has 0 amide bonds. The smallest absolute Gasteiger partial charge is 0.321 e. The molecule has 1 aromatic heterocycles. The van der Waals surface area contributed by atoms with Crippen molar-refractivity contribution in [2.45, 2.75) is 0 Å². The average Bonchev–Trinajstić information content (AvgIpc) is 2.28. The minimum absolute atomic E-state index is 0.119. The van der Waals surface area contributed by atoms with E-state index >= 15 is 0 Å². The topological polar surface area (TPSA) is 52.1 Å². The monoisotopic (exact) mass is 268 g/mol. The molecular weight excluding hydrogens is 263 g/mol. The van der Waals surface area contributed by atoms with Gasteiger partial charge in [-0.25, -0.2) is 9.97 Å². The van der Waals surface area contributed by atoms with Crippen molar-refractivity contribution in [3.8, 4) is 11.8 Å². The van der Waals surface area contributed by atoms with Crippen molar-refractivity contribution in [3.63, 3.8) is 0 Å². The zero-order valence-electron chi connectivity index (χ0n) is 8.43. The van der Waals surface area contributed by atoms with Gasteiger partial charge in [-0.1, -0.05) is 23.2 Å². The van der Waals surface area contributed by atoms with Crippen LogP contribution in [0.2, 0.25) is 10.0 Å². The number of benzene rings is 1. The van der Waals surface area contributed by atoms with Crippen molar-refractivity contribution in [1.82, 2.24) is 9.97 Å². The maximum Gasteiger partial charge on any atom is 0.321 e. The minimum Gasteiger partial charge on any atom is -0.424 e. The predicted molar refractivity (Wildman–Crippen MR) is 64.0 cm³/mol. The molecule has 0 bridgehead atoms. The van der Waals surface area contributed by atoms with E-state index in [1.165, 1.54) is 12.4 Å². The first-order valence-electron chi connectivity index (χ1n) is 4.58. The van der Waals surface area contributed by atoms with Gasteiger partial charge in [0, 0.05) is 22.4 Å². The summed E-state index contributed by atoms with van der Waals surface area (Å²) in [5, 5.41) is 0.911. The van der Waals surface area contributed by atoms with Gasteiger partial charge >= 0.3 is 6.01 Å². The van der Waals surface area contributed by atoms with E-state index < -0.39 is 0 Å². The van der Waals surface area contributed by atoms with Gasteiger partial charge in [-0.2, -0.15) is 0 Å². The fourth-order valence-electron chi connectivity index (χ4n) is 1.13. The Morgan fingerprint density at radius 3 is 2.18 bits per heavy atom. The Morgan fingerprint density at radius 1 is 1.06 bits per heavy atom. The van der Waals surface area contributed by atoms with Crippen molar-refractivity contribution in [2.24, 2.45) is 0 Å². The summed E-state index contributed by atoms with van der Waals surface area (Å²) < 4.78 is 5.33. The predicted octanol–water partition coefficient (Wildman–Crippen LogP) is 3.39. The van der Waals surface area contributed by atoms with Crippen LogP contribution in [-0.2, 0) is 0 Å². The highest BCUT2D eigenvalue weighted by molar-refractivity contribution is 6.34. The molecule has 0 radical (unpaired) electrons. The Labute approximate surface area is 107 Å². The van der Waals surface area contributed by atoms with Crippen LogP contribution >= 0.6 is 23.2 Å². The Hall–Kier alpha value is -1.65. The van der Waals surface area contributed by atoms with Crippen LogP contribution < -0.4 is 4.74 Å². The number of ether oxygens (including phenoxy) is 1. The minimum atomic E-state index is 0.119. The zero-order chi connectivity index (χ0) is 12.3. The van der Waals surface area contributed by atoms with Gasteiger partial charge in [0.1, 0.15) is 5.75 Å². The number of aromatic nitrogens is 2. The van der Waals surface area contributed by atoms with Crippen LogP contribution in [0.5, 0.6) is 11.8 Å². The van der Waals surface area contributed by atoms with Crippen molar-refractivity contribution in [1.29, 1.82) is 0 Å². The summed E-state index contributed by atoms with van der Waals surface area (Å²) in [6.45, 7) is 0. The number of nitrogens with zero attached hydrogens (tertiary/aromatic N) is 2. The average molecular weight is 269 g/mol. The van der Waals surface area contributed by atoms with Crippen LogP contribution in [-0.4, -0.2) is 16.3 Å². The highest BCUT2D eigenvalue weighted by Crippen LogP contribution is 2.26. The summed E-state index contributed by atoms with van der Waals surface area (Å²) in [4.78, 5) is 18.1. The molecule has 0 aliphatic rings. The van der Waals surface area contributed by atoms with Crippen LogP contribution in [0.15, 0.2) is 30.6 Å². The number of hydrogen-bond donors (Lipinski definition) is 0. The lowest BCUT2D eigenvalue weighted by atomic mass is 10.3. The molecule has 2 rings (SSSR count). The standard InChI is InChI=1S/C11H6Cl2N2O2/c12-8-1-9(13)3-10(2-8)17-11-14-4-7(6-16)5-15-11/h1-6H. The van der Waals surface area contributed by atoms with E-state index in [-0.39, 0.29) is 6.01 Å². The summed E-state index contributed by atoms with van der Waals surface area (Å²) >= 11 is 11.6. The number of hydrogen-bond acceptors (Lipinski definition) is 4. The molecule has 17 heavy (non-hydrogen) atoms. The molecule has 0 spiro atoms. The van der Waals surface area contributed by atoms with Crippen molar-refractivity contribution < 1.29 is 9.53 Å². The third kappa shape index (κ3) is 3.15. The van der Waals surface area contributed by atoms with Gasteiger partial charge in [-0.3, -0.25) is 4.79 Å². The van der Waals surface area contributed by atoms with E-state index in [1.54, 1.807) is 18.2 Å². The fraction of sp³-hybridized carbons (Fsp3) is 0. The maximum atomic E-state index is 10.4. The third-order valence-electron chi connectivity index (χ3n) is 1.83. The van der Waals surface area contributed by atoms with E-state index in [4.69, 9.17) is 27.9 Å². The largest absolute Gasteiger partial charge is 0.424 e. The lowest BCUT2D eigenvalue weighted by molar-refractivity contribution is 0.112. The summed E-state index contributed by atoms with van der Waals surface area (Å²) in [7, 11) is 0. The number of rotatable bonds is 3. The number of carbonyl (C=O) groups excluding carboxylic acids is 1. The van der Waals surface area contributed by atoms with Crippen LogP contribution in [0.3, 0.4) is 0 Å². The van der Waals surface area contributed by atoms with Crippen LogP contribution in [0.4, 0.5) is 0 Å². The van der Waals surface area contributed by atoms with Crippen LogP contribution in [0, 0.1) is 0 Å². The number of aldehydes is 1. The van der Waals surface area contributed by atoms with Gasteiger partial charge in [-0.15, -0.1) is 0 Å². The second-order valence-corrected chi connectivity index (χ2v) is 4.00. The molecule has 0 N–H and O–H groups in total. The second kappa shape index (κ2) is 5.12. The Kier molecular flexibility index (Phi) is 3.56. The summed E-state index contributed by atoms with van der Waals surface area (Å²) in [6, 6.07) is 4.88. The molecule has 0 aliphatic carbocycles. The van der Waals surface area contributed by atoms with Crippen molar-refractivity contribution in [3.05, 3.63) is 46.2 Å². The molecule has 1 heterocycles. The molecule has 0 unspecified atom stereocenters. The highest BCUT2D eigenvalue weighted by atomic mass is 35.5. The van der Waals surface area contributed by atoms with Gasteiger partial charge in [0.2, 0.25) is 0 Å². The van der Waals surface area contributed by atoms with Gasteiger partial charge in [-0.05, 0) is 18.2 Å². The summed E-state index contributed by atoms with van der Waals surface area (Å²) in [5.74, 6) is 0.432.